The fourth-order valence-corrected chi connectivity index (χ4v) is 3.49. The maximum Gasteiger partial charge on any atom is 0.272 e. The Morgan fingerprint density at radius 3 is 2.29 bits per heavy atom. The number of piperazine rings is 1. The molecule has 1 aromatic carbocycles. The van der Waals surface area contributed by atoms with Crippen LogP contribution in [0.4, 0.5) is 11.5 Å². The molecular weight excluding hydrogens is 354 g/mol. The van der Waals surface area contributed by atoms with Crippen molar-refractivity contribution in [3.8, 4) is 5.75 Å². The highest BCUT2D eigenvalue weighted by Crippen LogP contribution is 2.21. The van der Waals surface area contributed by atoms with Gasteiger partial charge in [-0.15, -0.1) is 0 Å². The Morgan fingerprint density at radius 2 is 1.71 bits per heavy atom. The van der Waals surface area contributed by atoms with Gasteiger partial charge in [0.1, 0.15) is 23.1 Å². The van der Waals surface area contributed by atoms with Crippen LogP contribution in [0.15, 0.2) is 30.3 Å². The van der Waals surface area contributed by atoms with E-state index in [0.717, 1.165) is 43.4 Å². The Bertz CT molecular complexity index is 797. The number of carbonyl (C=O) groups is 1. The van der Waals surface area contributed by atoms with Gasteiger partial charge >= 0.3 is 0 Å². The largest absolute Gasteiger partial charge is 0.497 e. The number of anilines is 2. The standard InChI is InChI=1S/C21H29N5O2/c1-5-24(6-2)20-15-19(22-16(3)23-20)21(27)26-13-11-25(12-14-26)17-7-9-18(28-4)10-8-17/h7-10,15H,5-6,11-14H2,1-4H3. The van der Waals surface area contributed by atoms with Gasteiger partial charge in [0.05, 0.1) is 7.11 Å². The molecule has 0 radical (unpaired) electrons. The van der Waals surface area contributed by atoms with Crippen molar-refractivity contribution < 1.29 is 9.53 Å². The Balaban J connectivity index is 1.68. The molecule has 1 aliphatic rings. The smallest absolute Gasteiger partial charge is 0.272 e. The highest BCUT2D eigenvalue weighted by Gasteiger charge is 2.24. The molecule has 0 atom stereocenters. The lowest BCUT2D eigenvalue weighted by Crippen LogP contribution is -2.49. The Labute approximate surface area is 166 Å². The Hall–Kier alpha value is -2.83. The summed E-state index contributed by atoms with van der Waals surface area (Å²) >= 11 is 0. The van der Waals surface area contributed by atoms with E-state index in [1.807, 2.05) is 30.0 Å². The summed E-state index contributed by atoms with van der Waals surface area (Å²) in [6, 6.07) is 9.86. The number of benzene rings is 1. The lowest BCUT2D eigenvalue weighted by atomic mass is 10.2. The summed E-state index contributed by atoms with van der Waals surface area (Å²) in [5.74, 6) is 2.27. The maximum absolute atomic E-state index is 13.0. The van der Waals surface area contributed by atoms with Gasteiger partial charge in [-0.2, -0.15) is 0 Å². The first-order valence-corrected chi connectivity index (χ1v) is 9.84. The molecule has 1 aromatic heterocycles. The van der Waals surface area contributed by atoms with Crippen molar-refractivity contribution in [2.24, 2.45) is 0 Å². The van der Waals surface area contributed by atoms with Crippen LogP contribution in [0, 0.1) is 6.92 Å². The highest BCUT2D eigenvalue weighted by atomic mass is 16.5. The molecule has 0 aliphatic carbocycles. The van der Waals surface area contributed by atoms with E-state index in [1.54, 1.807) is 7.11 Å². The molecule has 0 saturated carbocycles. The van der Waals surface area contributed by atoms with Crippen LogP contribution in [-0.4, -0.2) is 67.2 Å². The number of carbonyl (C=O) groups excluding carboxylic acids is 1. The minimum atomic E-state index is -0.0201. The predicted octanol–water partition coefficient (Wildman–Crippen LogP) is 2.60. The van der Waals surface area contributed by atoms with Crippen molar-refractivity contribution >= 4 is 17.4 Å². The first-order chi connectivity index (χ1) is 13.5. The van der Waals surface area contributed by atoms with Gasteiger partial charge in [0, 0.05) is 51.0 Å². The average molecular weight is 383 g/mol. The van der Waals surface area contributed by atoms with E-state index in [0.29, 0.717) is 24.6 Å². The first kappa shape index (κ1) is 19.9. The molecule has 1 aliphatic heterocycles. The van der Waals surface area contributed by atoms with Crippen LogP contribution < -0.4 is 14.5 Å². The lowest BCUT2D eigenvalue weighted by molar-refractivity contribution is 0.0740. The SMILES string of the molecule is CCN(CC)c1cc(C(=O)N2CCN(c3ccc(OC)cc3)CC2)nc(C)n1. The summed E-state index contributed by atoms with van der Waals surface area (Å²) in [5.41, 5.74) is 1.63. The van der Waals surface area contributed by atoms with Crippen LogP contribution in [0.25, 0.3) is 0 Å². The highest BCUT2D eigenvalue weighted by molar-refractivity contribution is 5.93. The summed E-state index contributed by atoms with van der Waals surface area (Å²) < 4.78 is 5.22. The third-order valence-corrected chi connectivity index (χ3v) is 5.14. The topological polar surface area (TPSA) is 61.8 Å². The molecule has 0 unspecified atom stereocenters. The third-order valence-electron chi connectivity index (χ3n) is 5.14. The van der Waals surface area contributed by atoms with Crippen LogP contribution in [0.2, 0.25) is 0 Å². The first-order valence-electron chi connectivity index (χ1n) is 9.84. The summed E-state index contributed by atoms with van der Waals surface area (Å²) in [4.78, 5) is 28.2. The molecule has 2 aromatic rings. The zero-order valence-electron chi connectivity index (χ0n) is 17.2. The monoisotopic (exact) mass is 383 g/mol. The Kier molecular flexibility index (Phi) is 6.34. The van der Waals surface area contributed by atoms with Crippen LogP contribution >= 0.6 is 0 Å². The molecule has 0 spiro atoms. The average Bonchev–Trinajstić information content (AvgIpc) is 2.74. The normalized spacial score (nSPS) is 14.1. The van der Waals surface area contributed by atoms with Crippen molar-refractivity contribution in [3.05, 3.63) is 41.9 Å². The molecule has 7 heteroatoms. The van der Waals surface area contributed by atoms with Crippen molar-refractivity contribution in [3.63, 3.8) is 0 Å². The molecule has 1 fully saturated rings. The zero-order valence-corrected chi connectivity index (χ0v) is 17.2. The fraction of sp³-hybridized carbons (Fsp3) is 0.476. The molecule has 2 heterocycles. The van der Waals surface area contributed by atoms with Crippen LogP contribution in [0.5, 0.6) is 5.75 Å². The van der Waals surface area contributed by atoms with Gasteiger partial charge in [-0.1, -0.05) is 0 Å². The second kappa shape index (κ2) is 8.91. The summed E-state index contributed by atoms with van der Waals surface area (Å²) in [6.45, 7) is 10.6. The number of methoxy groups -OCH3 is 1. The van der Waals surface area contributed by atoms with Gasteiger partial charge in [0.2, 0.25) is 0 Å². The van der Waals surface area contributed by atoms with Gasteiger partial charge < -0.3 is 19.4 Å². The van der Waals surface area contributed by atoms with Gasteiger partial charge in [-0.05, 0) is 45.0 Å². The second-order valence-corrected chi connectivity index (χ2v) is 6.81. The molecule has 1 saturated heterocycles. The van der Waals surface area contributed by atoms with Crippen molar-refractivity contribution in [2.75, 3.05) is 56.2 Å². The predicted molar refractivity (Wildman–Crippen MR) is 111 cm³/mol. The van der Waals surface area contributed by atoms with Crippen molar-refractivity contribution in [1.82, 2.24) is 14.9 Å². The number of aryl methyl sites for hydroxylation is 1. The van der Waals surface area contributed by atoms with Crippen molar-refractivity contribution in [1.29, 1.82) is 0 Å². The molecule has 0 N–H and O–H groups in total. The number of ether oxygens (including phenoxy) is 1. The van der Waals surface area contributed by atoms with Gasteiger partial charge in [-0.25, -0.2) is 9.97 Å². The molecule has 3 rings (SSSR count). The van der Waals surface area contributed by atoms with Crippen LogP contribution in [0.3, 0.4) is 0 Å². The van der Waals surface area contributed by atoms with Crippen LogP contribution in [0.1, 0.15) is 30.2 Å². The number of nitrogens with zero attached hydrogens (tertiary/aromatic N) is 5. The molecule has 1 amide bonds. The fourth-order valence-electron chi connectivity index (χ4n) is 3.49. The second-order valence-electron chi connectivity index (χ2n) is 6.81. The molecular formula is C21H29N5O2. The minimum Gasteiger partial charge on any atom is -0.497 e. The van der Waals surface area contributed by atoms with E-state index >= 15 is 0 Å². The molecule has 0 bridgehead atoms. The van der Waals surface area contributed by atoms with E-state index in [9.17, 15) is 4.79 Å². The van der Waals surface area contributed by atoms with E-state index < -0.39 is 0 Å². The summed E-state index contributed by atoms with van der Waals surface area (Å²) in [6.07, 6.45) is 0. The summed E-state index contributed by atoms with van der Waals surface area (Å²) in [7, 11) is 1.67. The van der Waals surface area contributed by atoms with E-state index in [2.05, 4.69) is 45.7 Å². The zero-order chi connectivity index (χ0) is 20.1. The van der Waals surface area contributed by atoms with Gasteiger partial charge in [0.25, 0.3) is 5.91 Å². The molecule has 28 heavy (non-hydrogen) atoms. The molecule has 7 nitrogen and oxygen atoms in total. The van der Waals surface area contributed by atoms with Crippen LogP contribution in [-0.2, 0) is 0 Å². The number of aromatic nitrogens is 2. The van der Waals surface area contributed by atoms with Gasteiger partial charge in [-0.3, -0.25) is 4.79 Å². The Morgan fingerprint density at radius 1 is 1.07 bits per heavy atom. The number of amides is 1. The van der Waals surface area contributed by atoms with Crippen molar-refractivity contribution in [2.45, 2.75) is 20.8 Å². The lowest BCUT2D eigenvalue weighted by Gasteiger charge is -2.36. The molecule has 150 valence electrons. The quantitative estimate of drug-likeness (QED) is 0.764. The summed E-state index contributed by atoms with van der Waals surface area (Å²) in [5, 5.41) is 0. The van der Waals surface area contributed by atoms with Gasteiger partial charge in [0.15, 0.2) is 0 Å². The van der Waals surface area contributed by atoms with E-state index in [4.69, 9.17) is 4.74 Å². The number of hydrogen-bond acceptors (Lipinski definition) is 6. The maximum atomic E-state index is 13.0. The minimum absolute atomic E-state index is 0.0201. The number of rotatable bonds is 6. The number of hydrogen-bond donors (Lipinski definition) is 0. The van der Waals surface area contributed by atoms with E-state index in [-0.39, 0.29) is 5.91 Å². The third kappa shape index (κ3) is 4.35. The van der Waals surface area contributed by atoms with E-state index in [1.165, 1.54) is 0 Å².